The number of carbonyl (C=O) groups is 1. The summed E-state index contributed by atoms with van der Waals surface area (Å²) in [6, 6.07) is 6.77. The van der Waals surface area contributed by atoms with Crippen LogP contribution in [0.4, 0.5) is 0 Å². The van der Waals surface area contributed by atoms with E-state index in [1.54, 1.807) is 29.8 Å². The van der Waals surface area contributed by atoms with Gasteiger partial charge < -0.3 is 5.32 Å². The first-order chi connectivity index (χ1) is 7.75. The van der Waals surface area contributed by atoms with Crippen LogP contribution < -0.4 is 5.32 Å². The third-order valence-electron chi connectivity index (χ3n) is 2.02. The lowest BCUT2D eigenvalue weighted by atomic mass is 10.2. The lowest BCUT2D eigenvalue weighted by Gasteiger charge is -2.03. The molecule has 1 aromatic heterocycles. The van der Waals surface area contributed by atoms with Crippen molar-refractivity contribution in [2.75, 3.05) is 0 Å². The fourth-order valence-electron chi connectivity index (χ4n) is 1.20. The van der Waals surface area contributed by atoms with Gasteiger partial charge in [0.2, 0.25) is 0 Å². The highest BCUT2D eigenvalue weighted by molar-refractivity contribution is 7.07. The first-order valence-electron chi connectivity index (χ1n) is 4.66. The lowest BCUT2D eigenvalue weighted by molar-refractivity contribution is 0.0950. The monoisotopic (exact) mass is 252 g/mol. The van der Waals surface area contributed by atoms with Crippen LogP contribution >= 0.6 is 22.9 Å². The predicted octanol–water partition coefficient (Wildman–Crippen LogP) is 2.73. The standard InChI is InChI=1S/C11H9ClN2OS/c12-9-3-1-8(2-4-9)11(15)13-5-10-6-16-7-14-10/h1-4,6-7H,5H2,(H,13,15). The molecule has 82 valence electrons. The molecular weight excluding hydrogens is 244 g/mol. The highest BCUT2D eigenvalue weighted by Crippen LogP contribution is 2.09. The van der Waals surface area contributed by atoms with Gasteiger partial charge in [0.05, 0.1) is 17.7 Å². The largest absolute Gasteiger partial charge is 0.346 e. The normalized spacial score (nSPS) is 10.1. The van der Waals surface area contributed by atoms with E-state index in [-0.39, 0.29) is 5.91 Å². The summed E-state index contributed by atoms with van der Waals surface area (Å²) in [5, 5.41) is 5.31. The van der Waals surface area contributed by atoms with Crippen molar-refractivity contribution < 1.29 is 4.79 Å². The molecule has 0 spiro atoms. The molecular formula is C11H9ClN2OS. The van der Waals surface area contributed by atoms with Crippen molar-refractivity contribution in [1.29, 1.82) is 0 Å². The molecule has 16 heavy (non-hydrogen) atoms. The highest BCUT2D eigenvalue weighted by Gasteiger charge is 2.05. The number of thiazole rings is 1. The lowest BCUT2D eigenvalue weighted by Crippen LogP contribution is -2.22. The molecule has 0 aliphatic heterocycles. The smallest absolute Gasteiger partial charge is 0.251 e. The van der Waals surface area contributed by atoms with Crippen molar-refractivity contribution in [3.8, 4) is 0 Å². The van der Waals surface area contributed by atoms with Crippen molar-refractivity contribution in [3.63, 3.8) is 0 Å². The van der Waals surface area contributed by atoms with Crippen molar-refractivity contribution in [1.82, 2.24) is 10.3 Å². The van der Waals surface area contributed by atoms with E-state index in [9.17, 15) is 4.79 Å². The zero-order valence-electron chi connectivity index (χ0n) is 8.31. The first-order valence-corrected chi connectivity index (χ1v) is 5.98. The van der Waals surface area contributed by atoms with Crippen LogP contribution in [0.2, 0.25) is 5.02 Å². The Morgan fingerprint density at radius 1 is 1.38 bits per heavy atom. The molecule has 2 aromatic rings. The van der Waals surface area contributed by atoms with Crippen LogP contribution in [-0.2, 0) is 6.54 Å². The zero-order chi connectivity index (χ0) is 11.4. The second kappa shape index (κ2) is 5.09. The number of carbonyl (C=O) groups excluding carboxylic acids is 1. The van der Waals surface area contributed by atoms with Gasteiger partial charge in [0.15, 0.2) is 0 Å². The Labute approximate surface area is 102 Å². The molecule has 2 rings (SSSR count). The van der Waals surface area contributed by atoms with E-state index >= 15 is 0 Å². The quantitative estimate of drug-likeness (QED) is 0.913. The summed E-state index contributed by atoms with van der Waals surface area (Å²) in [4.78, 5) is 15.8. The van der Waals surface area contributed by atoms with E-state index in [1.807, 2.05) is 5.38 Å². The molecule has 1 N–H and O–H groups in total. The number of rotatable bonds is 3. The summed E-state index contributed by atoms with van der Waals surface area (Å²) in [7, 11) is 0. The third-order valence-corrected chi connectivity index (χ3v) is 2.91. The summed E-state index contributed by atoms with van der Waals surface area (Å²) in [5.74, 6) is -0.121. The van der Waals surface area contributed by atoms with Crippen LogP contribution in [0.3, 0.4) is 0 Å². The molecule has 0 bridgehead atoms. The number of hydrogen-bond acceptors (Lipinski definition) is 3. The van der Waals surface area contributed by atoms with Crippen molar-refractivity contribution >= 4 is 28.8 Å². The Bertz CT molecular complexity index is 467. The number of hydrogen-bond donors (Lipinski definition) is 1. The summed E-state index contributed by atoms with van der Waals surface area (Å²) in [6.45, 7) is 0.449. The maximum Gasteiger partial charge on any atom is 0.251 e. The van der Waals surface area contributed by atoms with Crippen LogP contribution in [-0.4, -0.2) is 10.9 Å². The van der Waals surface area contributed by atoms with E-state index in [4.69, 9.17) is 11.6 Å². The van der Waals surface area contributed by atoms with Gasteiger partial charge >= 0.3 is 0 Å². The van der Waals surface area contributed by atoms with E-state index in [1.165, 1.54) is 11.3 Å². The van der Waals surface area contributed by atoms with Crippen molar-refractivity contribution in [2.45, 2.75) is 6.54 Å². The Morgan fingerprint density at radius 2 is 2.12 bits per heavy atom. The minimum Gasteiger partial charge on any atom is -0.346 e. The molecule has 5 heteroatoms. The van der Waals surface area contributed by atoms with Crippen LogP contribution in [0.5, 0.6) is 0 Å². The van der Waals surface area contributed by atoms with Gasteiger partial charge in [0, 0.05) is 16.0 Å². The highest BCUT2D eigenvalue weighted by atomic mass is 35.5. The first kappa shape index (κ1) is 11.1. The predicted molar refractivity (Wildman–Crippen MR) is 64.7 cm³/mol. The number of halogens is 1. The molecule has 0 aliphatic carbocycles. The van der Waals surface area contributed by atoms with E-state index < -0.39 is 0 Å². The Balaban J connectivity index is 1.95. The molecule has 0 radical (unpaired) electrons. The Hall–Kier alpha value is -1.39. The van der Waals surface area contributed by atoms with Crippen LogP contribution in [0.1, 0.15) is 16.1 Å². The molecule has 1 amide bonds. The Morgan fingerprint density at radius 3 is 2.75 bits per heavy atom. The number of amides is 1. The Kier molecular flexibility index (Phi) is 3.54. The van der Waals surface area contributed by atoms with E-state index in [0.717, 1.165) is 5.69 Å². The molecule has 0 saturated carbocycles. The van der Waals surface area contributed by atoms with Gasteiger partial charge in [0.25, 0.3) is 5.91 Å². The van der Waals surface area contributed by atoms with Gasteiger partial charge in [-0.25, -0.2) is 4.98 Å². The van der Waals surface area contributed by atoms with Crippen molar-refractivity contribution in [3.05, 3.63) is 51.4 Å². The maximum atomic E-state index is 11.7. The average molecular weight is 253 g/mol. The molecule has 0 aliphatic rings. The zero-order valence-corrected chi connectivity index (χ0v) is 9.89. The third kappa shape index (κ3) is 2.81. The van der Waals surface area contributed by atoms with Crippen LogP contribution in [0.25, 0.3) is 0 Å². The summed E-state index contributed by atoms with van der Waals surface area (Å²) in [6.07, 6.45) is 0. The second-order valence-electron chi connectivity index (χ2n) is 3.17. The second-order valence-corrected chi connectivity index (χ2v) is 4.32. The van der Waals surface area contributed by atoms with Gasteiger partial charge in [-0.15, -0.1) is 11.3 Å². The van der Waals surface area contributed by atoms with Gasteiger partial charge in [0.1, 0.15) is 0 Å². The number of benzene rings is 1. The van der Waals surface area contributed by atoms with Crippen molar-refractivity contribution in [2.24, 2.45) is 0 Å². The minimum absolute atomic E-state index is 0.121. The van der Waals surface area contributed by atoms with Gasteiger partial charge in [-0.2, -0.15) is 0 Å². The number of nitrogens with one attached hydrogen (secondary N) is 1. The number of aromatic nitrogens is 1. The SMILES string of the molecule is O=C(NCc1cscn1)c1ccc(Cl)cc1. The van der Waals surface area contributed by atoms with Crippen LogP contribution in [0, 0.1) is 0 Å². The molecule has 0 unspecified atom stereocenters. The van der Waals surface area contributed by atoms with Gasteiger partial charge in [-0.1, -0.05) is 11.6 Å². The molecule has 3 nitrogen and oxygen atoms in total. The van der Waals surface area contributed by atoms with E-state index in [0.29, 0.717) is 17.1 Å². The van der Waals surface area contributed by atoms with Gasteiger partial charge in [-0.05, 0) is 24.3 Å². The minimum atomic E-state index is -0.121. The fraction of sp³-hybridized carbons (Fsp3) is 0.0909. The topological polar surface area (TPSA) is 42.0 Å². The van der Waals surface area contributed by atoms with Crippen LogP contribution in [0.15, 0.2) is 35.2 Å². The number of nitrogens with zero attached hydrogens (tertiary/aromatic N) is 1. The summed E-state index contributed by atoms with van der Waals surface area (Å²) in [5.41, 5.74) is 3.20. The molecule has 0 saturated heterocycles. The summed E-state index contributed by atoms with van der Waals surface area (Å²) < 4.78 is 0. The fourth-order valence-corrected chi connectivity index (χ4v) is 1.88. The molecule has 0 atom stereocenters. The molecule has 1 heterocycles. The van der Waals surface area contributed by atoms with E-state index in [2.05, 4.69) is 10.3 Å². The molecule has 0 fully saturated rings. The van der Waals surface area contributed by atoms with Gasteiger partial charge in [-0.3, -0.25) is 4.79 Å². The molecule has 1 aromatic carbocycles. The average Bonchev–Trinajstić information content (AvgIpc) is 2.80. The summed E-state index contributed by atoms with van der Waals surface area (Å²) >= 11 is 7.24. The maximum absolute atomic E-state index is 11.7.